The van der Waals surface area contributed by atoms with Crippen LogP contribution in [0.2, 0.25) is 0 Å². The van der Waals surface area contributed by atoms with Crippen LogP contribution in [0.4, 0.5) is 0 Å². The summed E-state index contributed by atoms with van der Waals surface area (Å²) in [7, 11) is 0. The maximum absolute atomic E-state index is 2.99. The Labute approximate surface area is 48.1 Å². The molecule has 0 spiro atoms. The molecule has 1 aliphatic carbocycles. The minimum absolute atomic E-state index is 0. The van der Waals surface area contributed by atoms with Gasteiger partial charge in [-0.3, -0.25) is 6.08 Å². The standard InChI is InChI=1S/C5H5.Co/c1-2-4-5-3-1;/h1-3H,4H2;/q-1;. The van der Waals surface area contributed by atoms with Crippen molar-refractivity contribution in [2.45, 2.75) is 6.42 Å². The maximum atomic E-state index is 2.99. The van der Waals surface area contributed by atoms with E-state index in [1.165, 1.54) is 0 Å². The smallest absolute Gasteiger partial charge is 0 e. The second-order valence-electron chi connectivity index (χ2n) is 1.00. The van der Waals surface area contributed by atoms with Gasteiger partial charge in [-0.15, -0.1) is 6.42 Å². The molecule has 0 bridgehead atoms. The molecule has 0 saturated carbocycles. The van der Waals surface area contributed by atoms with Crippen LogP contribution in [0.3, 0.4) is 0 Å². The number of hydrogen-bond acceptors (Lipinski definition) is 0. The van der Waals surface area contributed by atoms with E-state index >= 15 is 0 Å². The Bertz CT molecular complexity index is 62.0. The molecule has 1 rings (SSSR count). The molecule has 0 amide bonds. The quantitative estimate of drug-likeness (QED) is 0.427. The minimum Gasteiger partial charge on any atom is -0.273 e. The summed E-state index contributed by atoms with van der Waals surface area (Å²) in [5.74, 6) is 0. The zero-order valence-electron chi connectivity index (χ0n) is 3.27. The van der Waals surface area contributed by atoms with E-state index in [4.69, 9.17) is 0 Å². The van der Waals surface area contributed by atoms with Crippen molar-refractivity contribution in [3.8, 4) is 0 Å². The van der Waals surface area contributed by atoms with Crippen molar-refractivity contribution >= 4 is 0 Å². The average molecular weight is 124 g/mol. The molecule has 0 aromatic carbocycles. The first kappa shape index (κ1) is 5.99. The fourth-order valence-corrected chi connectivity index (χ4v) is 0.340. The van der Waals surface area contributed by atoms with Gasteiger partial charge in [0, 0.05) is 16.8 Å². The molecule has 0 fully saturated rings. The third-order valence-corrected chi connectivity index (χ3v) is 0.586. The summed E-state index contributed by atoms with van der Waals surface area (Å²) in [6.07, 6.45) is 10.0. The van der Waals surface area contributed by atoms with Crippen molar-refractivity contribution in [1.82, 2.24) is 0 Å². The van der Waals surface area contributed by atoms with E-state index in [0.717, 1.165) is 6.42 Å². The van der Waals surface area contributed by atoms with Crippen molar-refractivity contribution in [3.63, 3.8) is 0 Å². The summed E-state index contributed by atoms with van der Waals surface area (Å²) in [5.41, 5.74) is 0. The summed E-state index contributed by atoms with van der Waals surface area (Å²) in [4.78, 5) is 0. The van der Waals surface area contributed by atoms with Gasteiger partial charge in [0.25, 0.3) is 0 Å². The predicted molar refractivity (Wildman–Crippen MR) is 21.6 cm³/mol. The third kappa shape index (κ3) is 1.43. The van der Waals surface area contributed by atoms with Crippen LogP contribution in [-0.2, 0) is 16.8 Å². The number of allylic oxidation sites excluding steroid dienone is 4. The molecular formula is C5H5Co-. The molecule has 0 heterocycles. The Morgan fingerprint density at radius 1 is 1.50 bits per heavy atom. The molecule has 0 atom stereocenters. The van der Waals surface area contributed by atoms with E-state index in [1.807, 2.05) is 12.2 Å². The molecule has 35 valence electrons. The first-order valence-corrected chi connectivity index (χ1v) is 1.72. The second kappa shape index (κ2) is 3.19. The molecule has 0 aliphatic heterocycles. The van der Waals surface area contributed by atoms with Crippen molar-refractivity contribution < 1.29 is 16.8 Å². The monoisotopic (exact) mass is 124 g/mol. The van der Waals surface area contributed by atoms with Crippen LogP contribution < -0.4 is 0 Å². The van der Waals surface area contributed by atoms with Crippen molar-refractivity contribution in [2.75, 3.05) is 0 Å². The molecule has 0 aromatic rings. The fraction of sp³-hybridized carbons (Fsp3) is 0.200. The van der Waals surface area contributed by atoms with Gasteiger partial charge in [0.15, 0.2) is 0 Å². The molecule has 0 saturated heterocycles. The van der Waals surface area contributed by atoms with E-state index in [9.17, 15) is 0 Å². The van der Waals surface area contributed by atoms with Crippen LogP contribution in [-0.4, -0.2) is 0 Å². The van der Waals surface area contributed by atoms with Crippen LogP contribution in [0.1, 0.15) is 6.42 Å². The Morgan fingerprint density at radius 3 is 2.50 bits per heavy atom. The van der Waals surface area contributed by atoms with Gasteiger partial charge in [-0.1, -0.05) is 0 Å². The summed E-state index contributed by atoms with van der Waals surface area (Å²) < 4.78 is 0. The van der Waals surface area contributed by atoms with Crippen LogP contribution in [0.15, 0.2) is 18.2 Å². The van der Waals surface area contributed by atoms with Gasteiger partial charge in [0.05, 0.1) is 0 Å². The van der Waals surface area contributed by atoms with Gasteiger partial charge < -0.3 is 0 Å². The first-order valence-electron chi connectivity index (χ1n) is 1.72. The minimum atomic E-state index is 0. The normalized spacial score (nSPS) is 14.7. The van der Waals surface area contributed by atoms with Crippen LogP contribution in [0.25, 0.3) is 0 Å². The van der Waals surface area contributed by atoms with Gasteiger partial charge in [0.2, 0.25) is 0 Å². The molecule has 0 N–H and O–H groups in total. The van der Waals surface area contributed by atoms with E-state index in [2.05, 4.69) is 12.2 Å². The topological polar surface area (TPSA) is 0 Å². The molecule has 0 nitrogen and oxygen atoms in total. The second-order valence-corrected chi connectivity index (χ2v) is 1.00. The Kier molecular flexibility index (Phi) is 3.18. The maximum Gasteiger partial charge on any atom is 0 e. The van der Waals surface area contributed by atoms with Gasteiger partial charge >= 0.3 is 0 Å². The van der Waals surface area contributed by atoms with Gasteiger partial charge in [-0.2, -0.15) is 6.08 Å². The zero-order valence-corrected chi connectivity index (χ0v) is 4.31. The van der Waals surface area contributed by atoms with Crippen molar-refractivity contribution in [3.05, 3.63) is 24.3 Å². The Balaban J connectivity index is 0.000000250. The predicted octanol–water partition coefficient (Wildman–Crippen LogP) is 1.30. The van der Waals surface area contributed by atoms with Crippen molar-refractivity contribution in [2.24, 2.45) is 0 Å². The first-order chi connectivity index (χ1) is 2.50. The van der Waals surface area contributed by atoms with E-state index in [1.54, 1.807) is 0 Å². The van der Waals surface area contributed by atoms with Gasteiger partial charge in [-0.25, -0.2) is 12.2 Å². The van der Waals surface area contributed by atoms with E-state index in [0.29, 0.717) is 0 Å². The molecule has 1 aliphatic rings. The van der Waals surface area contributed by atoms with E-state index < -0.39 is 0 Å². The molecule has 0 unspecified atom stereocenters. The molecule has 1 radical (unpaired) electrons. The fourth-order valence-electron chi connectivity index (χ4n) is 0.340. The summed E-state index contributed by atoms with van der Waals surface area (Å²) in [6.45, 7) is 0. The zero-order chi connectivity index (χ0) is 3.54. The average Bonchev–Trinajstić information content (AvgIpc) is 1.76. The van der Waals surface area contributed by atoms with Crippen LogP contribution >= 0.6 is 0 Å². The van der Waals surface area contributed by atoms with Gasteiger partial charge in [0.1, 0.15) is 0 Å². The molecular weight excluding hydrogens is 119 g/mol. The molecule has 1 heteroatoms. The summed E-state index contributed by atoms with van der Waals surface area (Å²) in [5, 5.41) is 0. The number of hydrogen-bond donors (Lipinski definition) is 0. The summed E-state index contributed by atoms with van der Waals surface area (Å²) >= 11 is 0. The Morgan fingerprint density at radius 2 is 2.33 bits per heavy atom. The van der Waals surface area contributed by atoms with Crippen LogP contribution in [0, 0.1) is 6.08 Å². The number of rotatable bonds is 0. The van der Waals surface area contributed by atoms with Gasteiger partial charge in [-0.05, 0) is 0 Å². The molecule has 0 aromatic heterocycles. The Hall–Kier alpha value is -0.0135. The molecule has 6 heavy (non-hydrogen) atoms. The largest absolute Gasteiger partial charge is 0.273 e. The van der Waals surface area contributed by atoms with Crippen molar-refractivity contribution in [1.29, 1.82) is 0 Å². The SMILES string of the molecule is [C-]1=CC=CC1.[Co]. The van der Waals surface area contributed by atoms with E-state index in [-0.39, 0.29) is 16.8 Å². The third-order valence-electron chi connectivity index (χ3n) is 0.586. The summed E-state index contributed by atoms with van der Waals surface area (Å²) in [6, 6.07) is 0. The van der Waals surface area contributed by atoms with Crippen LogP contribution in [0.5, 0.6) is 0 Å².